The van der Waals surface area contributed by atoms with Crippen LogP contribution >= 0.6 is 24.0 Å². The predicted octanol–water partition coefficient (Wildman–Crippen LogP) is 3.56. The van der Waals surface area contributed by atoms with E-state index in [9.17, 15) is 9.59 Å². The zero-order valence-electron chi connectivity index (χ0n) is 15.0. The third kappa shape index (κ3) is 4.71. The van der Waals surface area contributed by atoms with Gasteiger partial charge in [-0.3, -0.25) is 9.69 Å². The average molecular weight is 415 g/mol. The molecule has 1 saturated heterocycles. The van der Waals surface area contributed by atoms with Gasteiger partial charge in [0.1, 0.15) is 18.1 Å². The number of carboxylic acids is 1. The number of hydrogen-bond acceptors (Lipinski definition) is 6. The number of amides is 1. The number of carbonyl (C=O) groups is 2. The molecule has 28 heavy (non-hydrogen) atoms. The number of ether oxygens (including phenoxy) is 2. The Kier molecular flexibility index (Phi) is 6.33. The SMILES string of the molecule is COc1cccc(COc2ccc(C=C3SCN(C(=S)C(=O)O)C3=O)cc2)c1. The van der Waals surface area contributed by atoms with E-state index in [0.29, 0.717) is 17.3 Å². The largest absolute Gasteiger partial charge is 0.497 e. The quantitative estimate of drug-likeness (QED) is 0.591. The van der Waals surface area contributed by atoms with Gasteiger partial charge in [0.15, 0.2) is 4.99 Å². The molecule has 1 aliphatic rings. The van der Waals surface area contributed by atoms with Crippen LogP contribution in [0, 0.1) is 0 Å². The van der Waals surface area contributed by atoms with Crippen LogP contribution in [0.25, 0.3) is 6.08 Å². The van der Waals surface area contributed by atoms with Crippen LogP contribution in [0.3, 0.4) is 0 Å². The molecule has 0 spiro atoms. The fourth-order valence-electron chi connectivity index (χ4n) is 2.50. The van der Waals surface area contributed by atoms with Crippen molar-refractivity contribution in [3.05, 3.63) is 64.6 Å². The minimum Gasteiger partial charge on any atom is -0.497 e. The summed E-state index contributed by atoms with van der Waals surface area (Å²) in [7, 11) is 1.62. The Hall–Kier alpha value is -2.84. The van der Waals surface area contributed by atoms with Gasteiger partial charge in [0.2, 0.25) is 0 Å². The number of aliphatic carboxylic acids is 1. The third-order valence-electron chi connectivity index (χ3n) is 3.95. The standard InChI is InChI=1S/C20H17NO5S2/c1-25-16-4-2-3-14(9-16)11-26-15-7-5-13(6-8-15)10-17-18(22)21(12-28-17)19(27)20(23)24/h2-10H,11-12H2,1H3,(H,23,24). The Labute approximate surface area is 171 Å². The van der Waals surface area contributed by atoms with Gasteiger partial charge in [0, 0.05) is 0 Å². The van der Waals surface area contributed by atoms with Crippen molar-refractivity contribution in [3.8, 4) is 11.5 Å². The smallest absolute Gasteiger partial charge is 0.364 e. The molecule has 1 amide bonds. The summed E-state index contributed by atoms with van der Waals surface area (Å²) in [4.78, 5) is 24.4. The van der Waals surface area contributed by atoms with Gasteiger partial charge in [-0.25, -0.2) is 4.79 Å². The Morgan fingerprint density at radius 3 is 2.68 bits per heavy atom. The molecule has 0 saturated carbocycles. The van der Waals surface area contributed by atoms with Crippen molar-refractivity contribution in [2.45, 2.75) is 6.61 Å². The van der Waals surface area contributed by atoms with E-state index in [1.165, 1.54) is 11.8 Å². The number of rotatable bonds is 5. The number of carboxylic acid groups (broad SMARTS) is 1. The normalized spacial score (nSPS) is 15.0. The van der Waals surface area contributed by atoms with E-state index in [4.69, 9.17) is 26.8 Å². The zero-order valence-corrected chi connectivity index (χ0v) is 16.6. The molecule has 1 N–H and O–H groups in total. The number of hydrogen-bond donors (Lipinski definition) is 1. The molecule has 8 heteroatoms. The van der Waals surface area contributed by atoms with E-state index in [0.717, 1.165) is 21.8 Å². The van der Waals surface area contributed by atoms with E-state index < -0.39 is 11.9 Å². The topological polar surface area (TPSA) is 76.1 Å². The van der Waals surface area contributed by atoms with E-state index in [1.807, 2.05) is 48.5 Å². The van der Waals surface area contributed by atoms with Crippen molar-refractivity contribution in [3.63, 3.8) is 0 Å². The highest BCUT2D eigenvalue weighted by Crippen LogP contribution is 2.30. The van der Waals surface area contributed by atoms with Crippen molar-refractivity contribution in [1.82, 2.24) is 4.90 Å². The summed E-state index contributed by atoms with van der Waals surface area (Å²) in [5.74, 6) is 0.0122. The van der Waals surface area contributed by atoms with Gasteiger partial charge in [-0.15, -0.1) is 0 Å². The number of nitrogens with zero attached hydrogens (tertiary/aromatic N) is 1. The molecule has 1 aliphatic heterocycles. The Morgan fingerprint density at radius 2 is 2.00 bits per heavy atom. The maximum absolute atomic E-state index is 12.3. The molecular formula is C20H17NO5S2. The van der Waals surface area contributed by atoms with Crippen molar-refractivity contribution >= 4 is 46.9 Å². The summed E-state index contributed by atoms with van der Waals surface area (Å²) in [6.07, 6.45) is 1.71. The van der Waals surface area contributed by atoms with Crippen molar-refractivity contribution in [2.75, 3.05) is 13.0 Å². The summed E-state index contributed by atoms with van der Waals surface area (Å²) >= 11 is 6.03. The minimum absolute atomic E-state index is 0.206. The van der Waals surface area contributed by atoms with E-state index in [2.05, 4.69) is 0 Å². The Balaban J connectivity index is 1.63. The van der Waals surface area contributed by atoms with E-state index in [-0.39, 0.29) is 10.9 Å². The molecule has 1 fully saturated rings. The number of carbonyl (C=O) groups excluding carboxylic acids is 1. The van der Waals surface area contributed by atoms with Gasteiger partial charge < -0.3 is 14.6 Å². The zero-order chi connectivity index (χ0) is 20.1. The van der Waals surface area contributed by atoms with Crippen molar-refractivity contribution in [1.29, 1.82) is 0 Å². The second-order valence-corrected chi connectivity index (χ2v) is 7.21. The van der Waals surface area contributed by atoms with Crippen molar-refractivity contribution in [2.24, 2.45) is 0 Å². The Bertz CT molecular complexity index is 940. The first kappa shape index (κ1) is 19.9. The van der Waals surface area contributed by atoms with Crippen molar-refractivity contribution < 1.29 is 24.2 Å². The molecule has 0 aromatic heterocycles. The second kappa shape index (κ2) is 8.90. The molecular weight excluding hydrogens is 398 g/mol. The van der Waals surface area contributed by atoms with Gasteiger partial charge in [-0.05, 0) is 41.5 Å². The van der Waals surface area contributed by atoms with Crippen LogP contribution in [0.5, 0.6) is 11.5 Å². The molecule has 1 heterocycles. The number of methoxy groups -OCH3 is 1. The van der Waals surface area contributed by atoms with Crippen LogP contribution in [0.15, 0.2) is 53.4 Å². The van der Waals surface area contributed by atoms with Crippen LogP contribution in [0.2, 0.25) is 0 Å². The fourth-order valence-corrected chi connectivity index (χ4v) is 3.69. The summed E-state index contributed by atoms with van der Waals surface area (Å²) in [5, 5.41) is 8.94. The first-order chi connectivity index (χ1) is 13.5. The Morgan fingerprint density at radius 1 is 1.25 bits per heavy atom. The first-order valence-electron chi connectivity index (χ1n) is 8.27. The number of thiocarbonyl (C=S) groups is 1. The van der Waals surface area contributed by atoms with Crippen LogP contribution in [0.1, 0.15) is 11.1 Å². The lowest BCUT2D eigenvalue weighted by molar-refractivity contribution is -0.131. The second-order valence-electron chi connectivity index (χ2n) is 5.83. The highest BCUT2D eigenvalue weighted by atomic mass is 32.2. The van der Waals surface area contributed by atoms with Crippen LogP contribution in [0.4, 0.5) is 0 Å². The molecule has 144 valence electrons. The first-order valence-corrected chi connectivity index (χ1v) is 9.66. The molecule has 6 nitrogen and oxygen atoms in total. The average Bonchev–Trinajstić information content (AvgIpc) is 3.07. The number of benzene rings is 2. The molecule has 2 aromatic carbocycles. The molecule has 3 rings (SSSR count). The van der Waals surface area contributed by atoms with Crippen LogP contribution in [-0.4, -0.2) is 39.9 Å². The van der Waals surface area contributed by atoms with Gasteiger partial charge in [0.25, 0.3) is 5.91 Å². The maximum atomic E-state index is 12.3. The number of thioether (sulfide) groups is 1. The fraction of sp³-hybridized carbons (Fsp3) is 0.150. The van der Waals surface area contributed by atoms with Gasteiger partial charge in [-0.2, -0.15) is 0 Å². The van der Waals surface area contributed by atoms with Crippen LogP contribution in [-0.2, 0) is 16.2 Å². The highest BCUT2D eigenvalue weighted by molar-refractivity contribution is 8.04. The highest BCUT2D eigenvalue weighted by Gasteiger charge is 2.32. The minimum atomic E-state index is -1.28. The summed E-state index contributed by atoms with van der Waals surface area (Å²) in [6.45, 7) is 0.410. The molecule has 0 bridgehead atoms. The lowest BCUT2D eigenvalue weighted by atomic mass is 10.2. The molecule has 0 atom stereocenters. The summed E-state index contributed by atoms with van der Waals surface area (Å²) < 4.78 is 11.0. The van der Waals surface area contributed by atoms with E-state index >= 15 is 0 Å². The van der Waals surface area contributed by atoms with Crippen LogP contribution < -0.4 is 9.47 Å². The monoisotopic (exact) mass is 415 g/mol. The molecule has 0 unspecified atom stereocenters. The van der Waals surface area contributed by atoms with Gasteiger partial charge in [0.05, 0.1) is 17.9 Å². The maximum Gasteiger partial charge on any atom is 0.364 e. The lowest BCUT2D eigenvalue weighted by Crippen LogP contribution is -2.35. The summed E-state index contributed by atoms with van der Waals surface area (Å²) in [6, 6.07) is 14.9. The molecule has 0 radical (unpaired) electrons. The third-order valence-corrected chi connectivity index (χ3v) is 5.34. The molecule has 0 aliphatic carbocycles. The predicted molar refractivity (Wildman–Crippen MR) is 111 cm³/mol. The van der Waals surface area contributed by atoms with Gasteiger partial charge in [-0.1, -0.05) is 48.2 Å². The summed E-state index contributed by atoms with van der Waals surface area (Å²) in [5.41, 5.74) is 1.81. The molecule has 2 aromatic rings. The lowest BCUT2D eigenvalue weighted by Gasteiger charge is -2.10. The van der Waals surface area contributed by atoms with Gasteiger partial charge >= 0.3 is 5.97 Å². The van der Waals surface area contributed by atoms with E-state index in [1.54, 1.807) is 13.2 Å².